The Labute approximate surface area is 148 Å². The Bertz CT molecular complexity index is 683. The Kier molecular flexibility index (Phi) is 6.13. The molecule has 0 saturated heterocycles. The van der Waals surface area contributed by atoms with Crippen molar-refractivity contribution in [2.45, 2.75) is 44.2 Å². The van der Waals surface area contributed by atoms with E-state index in [1.807, 2.05) is 13.0 Å². The maximum absolute atomic E-state index is 11.6. The minimum atomic E-state index is -0.642. The van der Waals surface area contributed by atoms with Crippen molar-refractivity contribution in [3.8, 4) is 5.75 Å². The van der Waals surface area contributed by atoms with E-state index >= 15 is 0 Å². The van der Waals surface area contributed by atoms with Crippen molar-refractivity contribution in [1.82, 2.24) is 0 Å². The summed E-state index contributed by atoms with van der Waals surface area (Å²) in [6.07, 6.45) is 0.808. The van der Waals surface area contributed by atoms with E-state index in [2.05, 4.69) is 32.9 Å². The molecular formula is C19H25NO3S. The standard InChI is InChI=1S/C19H25NO3S/c1-14-11-15(19(2,3)4)8-9-17(14)23-12-16(21)13-24-18-7-5-6-10-20(18)22/h5-11,16,21H,12-13H2,1-4H3. The Morgan fingerprint density at radius 2 is 2.00 bits per heavy atom. The fraction of sp³-hybridized carbons (Fsp3) is 0.421. The van der Waals surface area contributed by atoms with Gasteiger partial charge in [-0.2, -0.15) is 4.73 Å². The van der Waals surface area contributed by atoms with Crippen molar-refractivity contribution in [2.75, 3.05) is 12.4 Å². The third kappa shape index (κ3) is 5.14. The van der Waals surface area contributed by atoms with Crippen molar-refractivity contribution in [3.63, 3.8) is 0 Å². The van der Waals surface area contributed by atoms with Gasteiger partial charge in [-0.25, -0.2) is 0 Å². The molecule has 4 nitrogen and oxygen atoms in total. The van der Waals surface area contributed by atoms with Gasteiger partial charge in [0.2, 0.25) is 0 Å². The van der Waals surface area contributed by atoms with E-state index in [1.165, 1.54) is 23.5 Å². The molecule has 1 aromatic carbocycles. The predicted molar refractivity (Wildman–Crippen MR) is 97.5 cm³/mol. The van der Waals surface area contributed by atoms with Crippen LogP contribution in [0.15, 0.2) is 47.6 Å². The number of aliphatic hydroxyl groups excluding tert-OH is 1. The van der Waals surface area contributed by atoms with Crippen molar-refractivity contribution < 1.29 is 14.6 Å². The minimum absolute atomic E-state index is 0.100. The first-order valence-electron chi connectivity index (χ1n) is 8.00. The number of nitrogens with zero attached hydrogens (tertiary/aromatic N) is 1. The summed E-state index contributed by atoms with van der Waals surface area (Å²) in [6.45, 7) is 8.74. The van der Waals surface area contributed by atoms with Gasteiger partial charge in [-0.1, -0.05) is 44.7 Å². The lowest BCUT2D eigenvalue weighted by atomic mass is 9.86. The second-order valence-corrected chi connectivity index (χ2v) is 7.91. The average Bonchev–Trinajstić information content (AvgIpc) is 2.52. The van der Waals surface area contributed by atoms with E-state index in [-0.39, 0.29) is 12.0 Å². The number of aliphatic hydroxyl groups is 1. The van der Waals surface area contributed by atoms with Gasteiger partial charge < -0.3 is 15.1 Å². The molecule has 0 amide bonds. The molecule has 0 aliphatic heterocycles. The van der Waals surface area contributed by atoms with Gasteiger partial charge in [0.1, 0.15) is 12.4 Å². The number of aryl methyl sites for hydroxylation is 1. The number of aromatic nitrogens is 1. The molecule has 2 rings (SSSR count). The molecule has 0 radical (unpaired) electrons. The number of rotatable bonds is 6. The average molecular weight is 347 g/mol. The number of hydrogen-bond acceptors (Lipinski definition) is 4. The van der Waals surface area contributed by atoms with Crippen molar-refractivity contribution in [1.29, 1.82) is 0 Å². The summed E-state index contributed by atoms with van der Waals surface area (Å²) in [4.78, 5) is 0. The van der Waals surface area contributed by atoms with E-state index in [9.17, 15) is 10.3 Å². The van der Waals surface area contributed by atoms with Crippen LogP contribution in [0.5, 0.6) is 5.75 Å². The second kappa shape index (κ2) is 7.90. The van der Waals surface area contributed by atoms with Gasteiger partial charge in [-0.3, -0.25) is 0 Å². The zero-order chi connectivity index (χ0) is 17.7. The molecule has 1 atom stereocenters. The molecule has 0 fully saturated rings. The zero-order valence-electron chi connectivity index (χ0n) is 14.7. The normalized spacial score (nSPS) is 12.9. The van der Waals surface area contributed by atoms with E-state index in [0.29, 0.717) is 10.8 Å². The molecule has 0 spiro atoms. The van der Waals surface area contributed by atoms with Crippen LogP contribution in [0.2, 0.25) is 0 Å². The van der Waals surface area contributed by atoms with Crippen LogP contribution in [-0.4, -0.2) is 23.6 Å². The first-order chi connectivity index (χ1) is 11.3. The second-order valence-electron chi connectivity index (χ2n) is 6.87. The number of benzene rings is 1. The van der Waals surface area contributed by atoms with Gasteiger partial charge in [0.05, 0.1) is 6.10 Å². The smallest absolute Gasteiger partial charge is 0.251 e. The van der Waals surface area contributed by atoms with E-state index in [1.54, 1.807) is 18.2 Å². The maximum Gasteiger partial charge on any atom is 0.251 e. The van der Waals surface area contributed by atoms with Crippen LogP contribution in [-0.2, 0) is 5.41 Å². The summed E-state index contributed by atoms with van der Waals surface area (Å²) in [6, 6.07) is 11.4. The SMILES string of the molecule is Cc1cc(C(C)(C)C)ccc1OCC(O)CSc1cccc[n+]1[O-]. The molecule has 0 aliphatic rings. The molecule has 1 unspecified atom stereocenters. The first kappa shape index (κ1) is 18.6. The van der Waals surface area contributed by atoms with Crippen LogP contribution in [0, 0.1) is 12.1 Å². The van der Waals surface area contributed by atoms with Crippen LogP contribution in [0.25, 0.3) is 0 Å². The van der Waals surface area contributed by atoms with Crippen molar-refractivity contribution in [2.24, 2.45) is 0 Å². The van der Waals surface area contributed by atoms with Gasteiger partial charge in [0, 0.05) is 17.9 Å². The van der Waals surface area contributed by atoms with E-state index < -0.39 is 6.10 Å². The van der Waals surface area contributed by atoms with Gasteiger partial charge in [0.15, 0.2) is 6.20 Å². The molecule has 1 aromatic heterocycles. The highest BCUT2D eigenvalue weighted by Crippen LogP contribution is 2.27. The highest BCUT2D eigenvalue weighted by Gasteiger charge is 2.16. The van der Waals surface area contributed by atoms with Crippen LogP contribution < -0.4 is 9.47 Å². The highest BCUT2D eigenvalue weighted by atomic mass is 32.2. The van der Waals surface area contributed by atoms with Crippen molar-refractivity contribution >= 4 is 11.8 Å². The first-order valence-corrected chi connectivity index (χ1v) is 8.99. The Balaban J connectivity index is 1.88. The van der Waals surface area contributed by atoms with Gasteiger partial charge in [-0.15, -0.1) is 0 Å². The number of ether oxygens (including phenoxy) is 1. The molecule has 0 bridgehead atoms. The third-order valence-electron chi connectivity index (χ3n) is 3.68. The van der Waals surface area contributed by atoms with Gasteiger partial charge >= 0.3 is 0 Å². The summed E-state index contributed by atoms with van der Waals surface area (Å²) in [7, 11) is 0. The summed E-state index contributed by atoms with van der Waals surface area (Å²) in [5.41, 5.74) is 2.42. The molecule has 0 saturated carbocycles. The fourth-order valence-electron chi connectivity index (χ4n) is 2.22. The van der Waals surface area contributed by atoms with Gasteiger partial charge in [-0.05, 0) is 35.6 Å². The molecule has 24 heavy (non-hydrogen) atoms. The summed E-state index contributed by atoms with van der Waals surface area (Å²) >= 11 is 1.32. The Morgan fingerprint density at radius 1 is 1.25 bits per heavy atom. The lowest BCUT2D eigenvalue weighted by Gasteiger charge is -2.21. The number of thioether (sulfide) groups is 1. The topological polar surface area (TPSA) is 56.4 Å². The molecule has 2 aromatic rings. The minimum Gasteiger partial charge on any atom is -0.618 e. The summed E-state index contributed by atoms with van der Waals surface area (Å²) in [5, 5.41) is 22.2. The van der Waals surface area contributed by atoms with Crippen LogP contribution in [0.3, 0.4) is 0 Å². The number of pyridine rings is 1. The molecule has 1 N–H and O–H groups in total. The van der Waals surface area contributed by atoms with Gasteiger partial charge in [0.25, 0.3) is 5.03 Å². The van der Waals surface area contributed by atoms with Crippen LogP contribution >= 0.6 is 11.8 Å². The Hall–Kier alpha value is -1.72. The Morgan fingerprint density at radius 3 is 2.62 bits per heavy atom. The van der Waals surface area contributed by atoms with Crippen LogP contribution in [0.1, 0.15) is 31.9 Å². The molecule has 130 valence electrons. The molecule has 0 aliphatic carbocycles. The van der Waals surface area contributed by atoms with Crippen LogP contribution in [0.4, 0.5) is 0 Å². The molecule has 1 heterocycles. The summed E-state index contributed by atoms with van der Waals surface area (Å²) in [5.74, 6) is 1.19. The number of hydrogen-bond donors (Lipinski definition) is 1. The lowest BCUT2D eigenvalue weighted by molar-refractivity contribution is -0.645. The quantitative estimate of drug-likeness (QED) is 0.494. The largest absolute Gasteiger partial charge is 0.618 e. The maximum atomic E-state index is 11.6. The highest BCUT2D eigenvalue weighted by molar-refractivity contribution is 7.99. The molecular weight excluding hydrogens is 322 g/mol. The fourth-order valence-corrected chi connectivity index (χ4v) is 3.04. The third-order valence-corrected chi connectivity index (χ3v) is 4.85. The summed E-state index contributed by atoms with van der Waals surface area (Å²) < 4.78 is 6.54. The van der Waals surface area contributed by atoms with E-state index in [0.717, 1.165) is 16.0 Å². The molecule has 5 heteroatoms. The predicted octanol–water partition coefficient (Wildman–Crippen LogP) is 3.46. The lowest BCUT2D eigenvalue weighted by Crippen LogP contribution is -2.29. The zero-order valence-corrected chi connectivity index (χ0v) is 15.5. The monoisotopic (exact) mass is 347 g/mol. The van der Waals surface area contributed by atoms with E-state index in [4.69, 9.17) is 4.74 Å². The van der Waals surface area contributed by atoms with Crippen molar-refractivity contribution in [3.05, 3.63) is 58.9 Å².